The molecule has 0 aliphatic carbocycles. The fourth-order valence-corrected chi connectivity index (χ4v) is 4.33. The monoisotopic (exact) mass is 469 g/mol. The molecule has 7 heteroatoms. The van der Waals surface area contributed by atoms with E-state index in [1.54, 1.807) is 0 Å². The van der Waals surface area contributed by atoms with Crippen LogP contribution in [0.2, 0.25) is 0 Å². The number of likely N-dealkylation sites (tertiary alicyclic amines) is 1. The summed E-state index contributed by atoms with van der Waals surface area (Å²) in [5.74, 6) is 1.50. The van der Waals surface area contributed by atoms with Gasteiger partial charge in [-0.2, -0.15) is 0 Å². The second-order valence-corrected chi connectivity index (χ2v) is 8.97. The average molecular weight is 470 g/mol. The first kappa shape index (κ1) is 26.0. The van der Waals surface area contributed by atoms with Gasteiger partial charge in [0, 0.05) is 32.6 Å². The second-order valence-electron chi connectivity index (χ2n) is 8.97. The van der Waals surface area contributed by atoms with Crippen molar-refractivity contribution in [3.8, 4) is 22.6 Å². The van der Waals surface area contributed by atoms with Crippen LogP contribution < -0.4 is 20.5 Å². The number of carbonyl (C=O) groups excluding carboxylic acids is 1. The van der Waals surface area contributed by atoms with E-state index < -0.39 is 0 Å². The zero-order valence-electron chi connectivity index (χ0n) is 20.5. The Morgan fingerprint density at radius 3 is 2.21 bits per heavy atom. The third-order valence-electron chi connectivity index (χ3n) is 6.29. The van der Waals surface area contributed by atoms with Crippen LogP contribution in [0.4, 0.5) is 0 Å². The minimum atomic E-state index is -0.288. The summed E-state index contributed by atoms with van der Waals surface area (Å²) in [7, 11) is 0. The van der Waals surface area contributed by atoms with E-state index in [-0.39, 0.29) is 12.0 Å². The van der Waals surface area contributed by atoms with Gasteiger partial charge in [-0.1, -0.05) is 24.3 Å². The van der Waals surface area contributed by atoms with Gasteiger partial charge in [0.15, 0.2) is 0 Å². The topological polar surface area (TPSA) is 97.0 Å². The maximum atomic E-state index is 10.8. The van der Waals surface area contributed by atoms with Crippen LogP contribution in [0.15, 0.2) is 36.4 Å². The number of carbonyl (C=O) groups is 1. The number of ether oxygens (including phenoxy) is 2. The van der Waals surface area contributed by atoms with Gasteiger partial charge in [0.2, 0.25) is 5.91 Å². The highest BCUT2D eigenvalue weighted by Crippen LogP contribution is 2.35. The second kappa shape index (κ2) is 13.3. The molecule has 0 saturated carbocycles. The first-order valence-corrected chi connectivity index (χ1v) is 12.3. The summed E-state index contributed by atoms with van der Waals surface area (Å²) >= 11 is 0. The molecular weight excluding hydrogens is 430 g/mol. The molecular formula is C27H39N3O4. The van der Waals surface area contributed by atoms with E-state index in [0.29, 0.717) is 26.2 Å². The number of rotatable bonds is 14. The predicted octanol–water partition coefficient (Wildman–Crippen LogP) is 3.04. The minimum absolute atomic E-state index is 0.173. The van der Waals surface area contributed by atoms with E-state index in [1.807, 2.05) is 24.3 Å². The molecule has 2 aromatic carbocycles. The van der Waals surface area contributed by atoms with Gasteiger partial charge in [-0.25, -0.2) is 0 Å². The van der Waals surface area contributed by atoms with E-state index in [0.717, 1.165) is 79.2 Å². The van der Waals surface area contributed by atoms with Gasteiger partial charge >= 0.3 is 0 Å². The molecule has 4 N–H and O–H groups in total. The fourth-order valence-electron chi connectivity index (χ4n) is 4.33. The molecule has 1 aliphatic rings. The van der Waals surface area contributed by atoms with E-state index in [2.05, 4.69) is 36.2 Å². The van der Waals surface area contributed by atoms with Gasteiger partial charge in [0.1, 0.15) is 11.5 Å². The quantitative estimate of drug-likeness (QED) is 0.368. The van der Waals surface area contributed by atoms with Gasteiger partial charge in [0.25, 0.3) is 0 Å². The highest BCUT2D eigenvalue weighted by molar-refractivity contribution is 5.74. The number of hydrogen-bond acceptors (Lipinski definition) is 6. The minimum Gasteiger partial charge on any atom is -0.493 e. The summed E-state index contributed by atoms with van der Waals surface area (Å²) in [5.41, 5.74) is 9.67. The molecule has 1 fully saturated rings. The lowest BCUT2D eigenvalue weighted by Crippen LogP contribution is -2.24. The number of hydrogen-bond donors (Lipinski definition) is 3. The van der Waals surface area contributed by atoms with E-state index in [1.165, 1.54) is 0 Å². The largest absolute Gasteiger partial charge is 0.493 e. The number of primary amides is 1. The van der Waals surface area contributed by atoms with E-state index >= 15 is 0 Å². The molecule has 0 spiro atoms. The first-order valence-electron chi connectivity index (χ1n) is 12.3. The van der Waals surface area contributed by atoms with Gasteiger partial charge in [-0.3, -0.25) is 4.79 Å². The van der Waals surface area contributed by atoms with Crippen LogP contribution in [0, 0.1) is 13.8 Å². The van der Waals surface area contributed by atoms with Crippen molar-refractivity contribution in [2.75, 3.05) is 45.9 Å². The van der Waals surface area contributed by atoms with E-state index in [4.69, 9.17) is 15.2 Å². The molecule has 0 bridgehead atoms. The first-order chi connectivity index (χ1) is 16.5. The van der Waals surface area contributed by atoms with Crippen molar-refractivity contribution < 1.29 is 19.4 Å². The van der Waals surface area contributed by atoms with Crippen molar-refractivity contribution in [3.05, 3.63) is 47.5 Å². The summed E-state index contributed by atoms with van der Waals surface area (Å²) < 4.78 is 12.2. The van der Waals surface area contributed by atoms with Crippen molar-refractivity contribution in [2.24, 2.45) is 5.73 Å². The highest BCUT2D eigenvalue weighted by Gasteiger charge is 2.19. The van der Waals surface area contributed by atoms with Crippen LogP contribution in [-0.4, -0.2) is 68.0 Å². The van der Waals surface area contributed by atoms with Crippen LogP contribution in [0.5, 0.6) is 11.5 Å². The van der Waals surface area contributed by atoms with Crippen LogP contribution in [0.25, 0.3) is 11.1 Å². The number of nitrogens with one attached hydrogen (secondary N) is 1. The molecule has 0 aromatic heterocycles. The molecule has 186 valence electrons. The van der Waals surface area contributed by atoms with Gasteiger partial charge < -0.3 is 30.5 Å². The maximum absolute atomic E-state index is 10.8. The summed E-state index contributed by atoms with van der Waals surface area (Å²) in [5, 5.41) is 12.9. The Bertz CT molecular complexity index is 934. The molecule has 7 nitrogen and oxygen atoms in total. The van der Waals surface area contributed by atoms with Gasteiger partial charge in [-0.05, 0) is 74.0 Å². The Kier molecular flexibility index (Phi) is 10.2. The fraction of sp³-hybridized carbons (Fsp3) is 0.519. The van der Waals surface area contributed by atoms with Crippen molar-refractivity contribution >= 4 is 5.91 Å². The Hall–Kier alpha value is -2.61. The molecule has 1 heterocycles. The number of nitrogens with two attached hydrogens (primary N) is 1. The van der Waals surface area contributed by atoms with E-state index in [9.17, 15) is 9.90 Å². The zero-order valence-corrected chi connectivity index (χ0v) is 20.5. The van der Waals surface area contributed by atoms with Crippen molar-refractivity contribution in [1.82, 2.24) is 10.2 Å². The highest BCUT2D eigenvalue weighted by atomic mass is 16.5. The summed E-state index contributed by atoms with van der Waals surface area (Å²) in [6.07, 6.45) is 2.84. The van der Waals surface area contributed by atoms with Crippen molar-refractivity contribution in [2.45, 2.75) is 45.6 Å². The van der Waals surface area contributed by atoms with Crippen LogP contribution in [0.1, 0.15) is 36.8 Å². The molecule has 1 aliphatic heterocycles. The summed E-state index contributed by atoms with van der Waals surface area (Å²) in [4.78, 5) is 13.1. The third kappa shape index (κ3) is 7.72. The molecule has 1 saturated heterocycles. The van der Waals surface area contributed by atoms with Gasteiger partial charge in [0.05, 0.1) is 19.3 Å². The smallest absolute Gasteiger partial charge is 0.218 e. The number of aliphatic hydroxyl groups excluding tert-OH is 1. The average Bonchev–Trinajstić information content (AvgIpc) is 3.23. The van der Waals surface area contributed by atoms with Crippen LogP contribution in [0.3, 0.4) is 0 Å². The van der Waals surface area contributed by atoms with Crippen LogP contribution >= 0.6 is 0 Å². The molecule has 1 amide bonds. The summed E-state index contributed by atoms with van der Waals surface area (Å²) in [6, 6.07) is 12.4. The van der Waals surface area contributed by atoms with Crippen molar-refractivity contribution in [3.63, 3.8) is 0 Å². The Labute approximate surface area is 203 Å². The zero-order chi connectivity index (χ0) is 24.3. The lowest BCUT2D eigenvalue weighted by atomic mass is 9.95. The molecule has 1 atom stereocenters. The third-order valence-corrected chi connectivity index (χ3v) is 6.29. The number of amides is 1. The lowest BCUT2D eigenvalue weighted by molar-refractivity contribution is -0.117. The SMILES string of the molecule is Cc1c(OCCCNCCC(N)=O)cccc1-c1cccc(OCCCN2CC[C@@H](O)C2)c1C. The van der Waals surface area contributed by atoms with Crippen molar-refractivity contribution in [1.29, 1.82) is 0 Å². The predicted molar refractivity (Wildman–Crippen MR) is 135 cm³/mol. The molecule has 3 rings (SSSR count). The number of aliphatic hydroxyl groups is 1. The summed E-state index contributed by atoms with van der Waals surface area (Å²) in [6.45, 7) is 9.54. The molecule has 0 unspecified atom stereocenters. The Morgan fingerprint density at radius 1 is 1.03 bits per heavy atom. The molecule has 34 heavy (non-hydrogen) atoms. The normalized spacial score (nSPS) is 16.0. The number of nitrogens with zero attached hydrogens (tertiary/aromatic N) is 1. The standard InChI is InChI=1S/C27H39N3O4/c1-20-23(7-3-9-25(20)33-17-5-13-29-14-11-27(28)32)24-8-4-10-26(21(24)2)34-18-6-15-30-16-12-22(31)19-30/h3-4,7-10,22,29,31H,5-6,11-19H2,1-2H3,(H2,28,32)/t22-/m1/s1. The molecule has 0 radical (unpaired) electrons. The number of β-amino-alcohol motifs (C(OH)–C–C–N with tert-alkyl or cyclic N) is 1. The Balaban J connectivity index is 1.53. The Morgan fingerprint density at radius 2 is 1.65 bits per heavy atom. The lowest BCUT2D eigenvalue weighted by Gasteiger charge is -2.18. The maximum Gasteiger partial charge on any atom is 0.218 e. The number of benzene rings is 2. The molecule has 2 aromatic rings. The van der Waals surface area contributed by atoms with Crippen LogP contribution in [-0.2, 0) is 4.79 Å². The van der Waals surface area contributed by atoms with Gasteiger partial charge in [-0.15, -0.1) is 0 Å².